The van der Waals surface area contributed by atoms with Crippen LogP contribution in [0.3, 0.4) is 0 Å². The summed E-state index contributed by atoms with van der Waals surface area (Å²) < 4.78 is 20.5. The number of imidazole rings is 1. The summed E-state index contributed by atoms with van der Waals surface area (Å²) in [5.74, 6) is 5.12. The lowest BCUT2D eigenvalue weighted by Gasteiger charge is -2.16. The van der Waals surface area contributed by atoms with Gasteiger partial charge in [-0.3, -0.25) is 5.32 Å². The highest BCUT2D eigenvalue weighted by Crippen LogP contribution is 2.41. The molecule has 41 heavy (non-hydrogen) atoms. The van der Waals surface area contributed by atoms with Crippen LogP contribution in [0.1, 0.15) is 36.7 Å². The number of aliphatic imine (C=N–C) groups is 1. The Bertz CT molecular complexity index is 1620. The second-order valence-electron chi connectivity index (χ2n) is 9.51. The number of aromatic amines is 1. The van der Waals surface area contributed by atoms with Crippen LogP contribution in [0.15, 0.2) is 76.3 Å². The first-order chi connectivity index (χ1) is 19.9. The van der Waals surface area contributed by atoms with E-state index in [-0.39, 0.29) is 22.2 Å². The highest BCUT2D eigenvalue weighted by molar-refractivity contribution is 6.31. The first-order valence-corrected chi connectivity index (χ1v) is 13.1. The molecule has 0 radical (unpaired) electrons. The zero-order chi connectivity index (χ0) is 28.9. The van der Waals surface area contributed by atoms with Crippen molar-refractivity contribution in [2.24, 2.45) is 27.1 Å². The SMILES string of the molecule is COC(=O)Nc1ccc(-c2cnc(C(CC3CC3)c3ccc(-c4c(N=CN=NN)ccc(Cl)c4F)c[n+]3[O-])[nH]2)cc1. The molecule has 1 aliphatic rings. The van der Waals surface area contributed by atoms with Gasteiger partial charge in [0.2, 0.25) is 5.69 Å². The van der Waals surface area contributed by atoms with Gasteiger partial charge in [-0.1, -0.05) is 41.8 Å². The van der Waals surface area contributed by atoms with Gasteiger partial charge >= 0.3 is 6.09 Å². The molecule has 2 heterocycles. The predicted molar refractivity (Wildman–Crippen MR) is 152 cm³/mol. The van der Waals surface area contributed by atoms with E-state index in [2.05, 4.69) is 35.4 Å². The van der Waals surface area contributed by atoms with Crippen LogP contribution in [-0.2, 0) is 4.74 Å². The van der Waals surface area contributed by atoms with Crippen molar-refractivity contribution in [3.63, 3.8) is 0 Å². The van der Waals surface area contributed by atoms with Gasteiger partial charge in [-0.15, -0.1) is 5.11 Å². The van der Waals surface area contributed by atoms with Gasteiger partial charge in [0, 0.05) is 11.8 Å². The van der Waals surface area contributed by atoms with Crippen molar-refractivity contribution in [1.82, 2.24) is 9.97 Å². The number of carbonyl (C=O) groups is 1. The number of methoxy groups -OCH3 is 1. The van der Waals surface area contributed by atoms with E-state index in [4.69, 9.17) is 17.4 Å². The van der Waals surface area contributed by atoms with Crippen LogP contribution in [-0.4, -0.2) is 29.5 Å². The molecule has 1 amide bonds. The van der Waals surface area contributed by atoms with Gasteiger partial charge in [0.05, 0.1) is 40.8 Å². The minimum Gasteiger partial charge on any atom is -0.618 e. The summed E-state index contributed by atoms with van der Waals surface area (Å²) in [6, 6.07) is 13.4. The van der Waals surface area contributed by atoms with E-state index in [1.807, 2.05) is 12.1 Å². The molecular formula is C28H26ClFN8O3. The molecule has 5 rings (SSSR count). The van der Waals surface area contributed by atoms with Gasteiger partial charge in [-0.25, -0.2) is 19.2 Å². The molecule has 1 fully saturated rings. The number of halogens is 2. The van der Waals surface area contributed by atoms with E-state index >= 15 is 4.39 Å². The van der Waals surface area contributed by atoms with Crippen molar-refractivity contribution >= 4 is 35.4 Å². The molecule has 4 N–H and O–H groups in total. The molecule has 0 aliphatic heterocycles. The van der Waals surface area contributed by atoms with E-state index in [0.29, 0.717) is 28.7 Å². The zero-order valence-corrected chi connectivity index (χ0v) is 22.7. The Hall–Kier alpha value is -4.84. The topological polar surface area (TPSA) is 157 Å². The predicted octanol–water partition coefficient (Wildman–Crippen LogP) is 6.27. The second kappa shape index (κ2) is 12.1. The van der Waals surface area contributed by atoms with Crippen molar-refractivity contribution in [3.8, 4) is 22.4 Å². The van der Waals surface area contributed by atoms with Gasteiger partial charge < -0.3 is 20.8 Å². The maximum atomic E-state index is 15.1. The Balaban J connectivity index is 1.46. The van der Waals surface area contributed by atoms with Crippen LogP contribution in [0.4, 0.5) is 20.6 Å². The second-order valence-corrected chi connectivity index (χ2v) is 9.91. The summed E-state index contributed by atoms with van der Waals surface area (Å²) in [7, 11) is 1.30. The summed E-state index contributed by atoms with van der Waals surface area (Å²) in [5, 5.41) is 22.5. The lowest BCUT2D eigenvalue weighted by Crippen LogP contribution is -2.34. The van der Waals surface area contributed by atoms with Gasteiger partial charge in [0.1, 0.15) is 18.1 Å². The van der Waals surface area contributed by atoms with Crippen molar-refractivity contribution in [3.05, 3.63) is 88.5 Å². The normalized spacial score (nSPS) is 14.0. The average molecular weight is 577 g/mol. The third-order valence-electron chi connectivity index (χ3n) is 6.80. The Kier molecular flexibility index (Phi) is 8.20. The quantitative estimate of drug-likeness (QED) is 0.0407. The third-order valence-corrected chi connectivity index (χ3v) is 7.09. The van der Waals surface area contributed by atoms with Gasteiger partial charge in [-0.05, 0) is 48.2 Å². The van der Waals surface area contributed by atoms with Gasteiger partial charge in [0.15, 0.2) is 12.0 Å². The van der Waals surface area contributed by atoms with E-state index in [1.54, 1.807) is 30.5 Å². The highest BCUT2D eigenvalue weighted by atomic mass is 35.5. The van der Waals surface area contributed by atoms with Crippen molar-refractivity contribution < 1.29 is 18.7 Å². The van der Waals surface area contributed by atoms with Gasteiger partial charge in [0.25, 0.3) is 0 Å². The lowest BCUT2D eigenvalue weighted by molar-refractivity contribution is -0.614. The molecule has 0 saturated heterocycles. The van der Waals surface area contributed by atoms with Crippen molar-refractivity contribution in [2.45, 2.75) is 25.2 Å². The maximum Gasteiger partial charge on any atom is 0.411 e. The number of hydrogen-bond donors (Lipinski definition) is 3. The molecule has 4 aromatic rings. The molecule has 0 spiro atoms. The number of H-pyrrole nitrogens is 1. The fraction of sp³-hybridized carbons (Fsp3) is 0.214. The molecule has 210 valence electrons. The van der Waals surface area contributed by atoms with Crippen LogP contribution in [0, 0.1) is 16.9 Å². The molecule has 0 bridgehead atoms. The zero-order valence-electron chi connectivity index (χ0n) is 21.9. The number of amides is 1. The minimum absolute atomic E-state index is 0.0567. The average Bonchev–Trinajstić information content (AvgIpc) is 3.67. The number of pyridine rings is 1. The number of nitrogens with two attached hydrogens (primary N) is 1. The standard InChI is InChI=1S/C28H26ClFN8O3/c1-41-28(39)35-19-7-4-17(5-8-19)23-13-32-27(36-23)20(12-16-2-3-16)24-11-6-18(14-38(24)40)25-22(33-15-34-37-31)10-9-21(29)26(25)30/h4-11,13-16,20H,2-3,12H2,1H3,(H,32,36)(H,35,39)(H2,31,33,34). The number of carbonyl (C=O) groups excluding carboxylic acids is 1. The fourth-order valence-electron chi connectivity index (χ4n) is 4.57. The van der Waals surface area contributed by atoms with E-state index in [0.717, 1.165) is 41.6 Å². The summed E-state index contributed by atoms with van der Waals surface area (Å²) >= 11 is 6.04. The summed E-state index contributed by atoms with van der Waals surface area (Å²) in [6.07, 6.45) is 6.46. The Morgan fingerprint density at radius 1 is 1.27 bits per heavy atom. The molecule has 1 saturated carbocycles. The Labute approximate surface area is 239 Å². The fourth-order valence-corrected chi connectivity index (χ4v) is 4.73. The molecule has 1 unspecified atom stereocenters. The number of rotatable bonds is 9. The number of nitrogens with zero attached hydrogens (tertiary/aromatic N) is 5. The summed E-state index contributed by atoms with van der Waals surface area (Å²) in [5.41, 5.74) is 3.25. The first kappa shape index (κ1) is 27.7. The first-order valence-electron chi connectivity index (χ1n) is 12.7. The number of aromatic nitrogens is 3. The number of benzene rings is 2. The largest absolute Gasteiger partial charge is 0.618 e. The Morgan fingerprint density at radius 3 is 2.71 bits per heavy atom. The number of hydrogen-bond acceptors (Lipinski definition) is 6. The molecule has 1 aliphatic carbocycles. The van der Waals surface area contributed by atoms with Crippen LogP contribution in [0.25, 0.3) is 22.4 Å². The smallest absolute Gasteiger partial charge is 0.411 e. The summed E-state index contributed by atoms with van der Waals surface area (Å²) in [4.78, 5) is 23.5. The van der Waals surface area contributed by atoms with Crippen LogP contribution < -0.4 is 15.9 Å². The van der Waals surface area contributed by atoms with Crippen molar-refractivity contribution in [1.29, 1.82) is 0 Å². The monoisotopic (exact) mass is 576 g/mol. The van der Waals surface area contributed by atoms with E-state index in [9.17, 15) is 10.0 Å². The lowest BCUT2D eigenvalue weighted by atomic mass is 9.95. The van der Waals surface area contributed by atoms with Crippen LogP contribution in [0.2, 0.25) is 5.02 Å². The third kappa shape index (κ3) is 6.33. The maximum absolute atomic E-state index is 15.1. The van der Waals surface area contributed by atoms with Crippen LogP contribution in [0.5, 0.6) is 0 Å². The molecular weight excluding hydrogens is 551 g/mol. The Morgan fingerprint density at radius 2 is 2.02 bits per heavy atom. The minimum atomic E-state index is -0.711. The highest BCUT2D eigenvalue weighted by Gasteiger charge is 2.33. The van der Waals surface area contributed by atoms with Gasteiger partial charge in [-0.2, -0.15) is 4.73 Å². The molecule has 2 aromatic carbocycles. The number of ether oxygens (including phenoxy) is 1. The van der Waals surface area contributed by atoms with Crippen molar-refractivity contribution in [2.75, 3.05) is 12.4 Å². The number of anilines is 1. The molecule has 1 atom stereocenters. The summed E-state index contributed by atoms with van der Waals surface area (Å²) in [6.45, 7) is 0. The van der Waals surface area contributed by atoms with Crippen LogP contribution >= 0.6 is 11.6 Å². The number of nitrogens with one attached hydrogen (secondary N) is 2. The van der Waals surface area contributed by atoms with E-state index in [1.165, 1.54) is 25.4 Å². The van der Waals surface area contributed by atoms with E-state index < -0.39 is 11.9 Å². The molecule has 11 nitrogen and oxygen atoms in total. The molecule has 13 heteroatoms. The molecule has 2 aromatic heterocycles.